The first-order chi connectivity index (χ1) is 10.2. The van der Waals surface area contributed by atoms with Crippen LogP contribution in [-0.4, -0.2) is 5.78 Å². The Morgan fingerprint density at radius 2 is 1.62 bits per heavy atom. The third kappa shape index (κ3) is 4.56. The van der Waals surface area contributed by atoms with Crippen LogP contribution in [0.15, 0.2) is 54.1 Å². The van der Waals surface area contributed by atoms with E-state index in [1.807, 2.05) is 18.2 Å². The van der Waals surface area contributed by atoms with Gasteiger partial charge in [-0.15, -0.1) is 0 Å². The molecule has 0 aliphatic carbocycles. The van der Waals surface area contributed by atoms with E-state index in [2.05, 4.69) is 44.2 Å². The van der Waals surface area contributed by atoms with Crippen molar-refractivity contribution in [2.75, 3.05) is 0 Å². The van der Waals surface area contributed by atoms with Crippen molar-refractivity contribution in [3.8, 4) is 0 Å². The summed E-state index contributed by atoms with van der Waals surface area (Å²) in [6.45, 7) is 4.33. The molecule has 0 atom stereocenters. The predicted octanol–water partition coefficient (Wildman–Crippen LogP) is 5.48. The molecule has 2 aromatic carbocycles. The third-order valence-corrected chi connectivity index (χ3v) is 3.70. The molecule has 0 aliphatic heterocycles. The predicted molar refractivity (Wildman–Crippen MR) is 90.6 cm³/mol. The topological polar surface area (TPSA) is 17.1 Å². The second-order valence-electron chi connectivity index (χ2n) is 5.63. The molecule has 0 fully saturated rings. The maximum Gasteiger partial charge on any atom is 0.160 e. The fraction of sp³-hybridized carbons (Fsp3) is 0.350. The highest BCUT2D eigenvalue weighted by molar-refractivity contribution is 5.93. The van der Waals surface area contributed by atoms with Gasteiger partial charge < -0.3 is 0 Å². The molecule has 1 heteroatoms. The summed E-state index contributed by atoms with van der Waals surface area (Å²) in [6, 6.07) is 14.6. The van der Waals surface area contributed by atoms with E-state index >= 15 is 0 Å². The SMILES string of the molecule is CCCC(=CC(=O)Cc1ccc2ccccc2c1)CCC. The molecule has 0 aliphatic rings. The molecule has 0 saturated carbocycles. The van der Waals surface area contributed by atoms with Gasteiger partial charge in [-0.25, -0.2) is 0 Å². The molecule has 0 N–H and O–H groups in total. The van der Waals surface area contributed by atoms with Crippen molar-refractivity contribution in [1.29, 1.82) is 0 Å². The lowest BCUT2D eigenvalue weighted by atomic mass is 10.00. The number of carbonyl (C=O) groups excluding carboxylic acids is 1. The first-order valence-electron chi connectivity index (χ1n) is 7.93. The van der Waals surface area contributed by atoms with Crippen LogP contribution in [0.5, 0.6) is 0 Å². The number of rotatable bonds is 7. The Kier molecular flexibility index (Phi) is 5.74. The average Bonchev–Trinajstić information content (AvgIpc) is 2.47. The summed E-state index contributed by atoms with van der Waals surface area (Å²) in [5.74, 6) is 0.224. The van der Waals surface area contributed by atoms with E-state index in [1.54, 1.807) is 0 Å². The lowest BCUT2D eigenvalue weighted by Gasteiger charge is -2.05. The second kappa shape index (κ2) is 7.78. The van der Waals surface area contributed by atoms with Gasteiger partial charge in [0.1, 0.15) is 0 Å². The van der Waals surface area contributed by atoms with Crippen LogP contribution in [0.2, 0.25) is 0 Å². The van der Waals surface area contributed by atoms with Crippen LogP contribution < -0.4 is 0 Å². The van der Waals surface area contributed by atoms with Gasteiger partial charge in [-0.3, -0.25) is 4.79 Å². The Morgan fingerprint density at radius 1 is 0.952 bits per heavy atom. The molecule has 0 aromatic heterocycles. The normalized spacial score (nSPS) is 10.6. The quantitative estimate of drug-likeness (QED) is 0.614. The lowest BCUT2D eigenvalue weighted by molar-refractivity contribution is -0.114. The zero-order valence-corrected chi connectivity index (χ0v) is 13.1. The Balaban J connectivity index is 2.11. The van der Waals surface area contributed by atoms with Crippen LogP contribution in [0.4, 0.5) is 0 Å². The number of benzene rings is 2. The van der Waals surface area contributed by atoms with Crippen LogP contribution in [-0.2, 0) is 11.2 Å². The zero-order chi connectivity index (χ0) is 15.1. The van der Waals surface area contributed by atoms with Crippen molar-refractivity contribution >= 4 is 16.6 Å². The monoisotopic (exact) mass is 280 g/mol. The molecule has 0 unspecified atom stereocenters. The molecule has 0 amide bonds. The zero-order valence-electron chi connectivity index (χ0n) is 13.1. The highest BCUT2D eigenvalue weighted by Gasteiger charge is 2.04. The third-order valence-electron chi connectivity index (χ3n) is 3.70. The highest BCUT2D eigenvalue weighted by atomic mass is 16.1. The van der Waals surface area contributed by atoms with Gasteiger partial charge in [0, 0.05) is 6.42 Å². The molecule has 0 heterocycles. The highest BCUT2D eigenvalue weighted by Crippen LogP contribution is 2.17. The Bertz CT molecular complexity index is 629. The summed E-state index contributed by atoms with van der Waals surface area (Å²) in [6.07, 6.45) is 6.67. The van der Waals surface area contributed by atoms with Gasteiger partial charge in [0.2, 0.25) is 0 Å². The lowest BCUT2D eigenvalue weighted by Crippen LogP contribution is -2.00. The summed E-state index contributed by atoms with van der Waals surface area (Å²) in [5.41, 5.74) is 2.40. The largest absolute Gasteiger partial charge is 0.294 e. The standard InChI is InChI=1S/C20H24O/c1-3-7-16(8-4-2)14-20(21)15-17-11-12-18-9-5-6-10-19(18)13-17/h5-6,9-14H,3-4,7-8,15H2,1-2H3. The van der Waals surface area contributed by atoms with Gasteiger partial charge >= 0.3 is 0 Å². The van der Waals surface area contributed by atoms with Crippen molar-refractivity contribution in [3.05, 3.63) is 59.7 Å². The molecule has 0 spiro atoms. The van der Waals surface area contributed by atoms with Crippen molar-refractivity contribution in [1.82, 2.24) is 0 Å². The maximum absolute atomic E-state index is 12.2. The van der Waals surface area contributed by atoms with Gasteiger partial charge in [0.15, 0.2) is 5.78 Å². The Labute approximate surface area is 127 Å². The fourth-order valence-electron chi connectivity index (χ4n) is 2.74. The maximum atomic E-state index is 12.2. The molecule has 110 valence electrons. The van der Waals surface area contributed by atoms with E-state index < -0.39 is 0 Å². The minimum atomic E-state index is 0.224. The van der Waals surface area contributed by atoms with Crippen LogP contribution in [0.3, 0.4) is 0 Å². The van der Waals surface area contributed by atoms with Crippen LogP contribution >= 0.6 is 0 Å². The Morgan fingerprint density at radius 3 is 2.29 bits per heavy atom. The van der Waals surface area contributed by atoms with Crippen molar-refractivity contribution < 1.29 is 4.79 Å². The van der Waals surface area contributed by atoms with Gasteiger partial charge in [-0.2, -0.15) is 0 Å². The second-order valence-corrected chi connectivity index (χ2v) is 5.63. The van der Waals surface area contributed by atoms with Crippen LogP contribution in [0, 0.1) is 0 Å². The van der Waals surface area contributed by atoms with E-state index in [9.17, 15) is 4.79 Å². The van der Waals surface area contributed by atoms with Crippen molar-refractivity contribution in [2.24, 2.45) is 0 Å². The fourth-order valence-corrected chi connectivity index (χ4v) is 2.74. The Hall–Kier alpha value is -1.89. The number of fused-ring (bicyclic) bond motifs is 1. The molecule has 0 radical (unpaired) electrons. The van der Waals surface area contributed by atoms with Gasteiger partial charge in [-0.05, 0) is 35.3 Å². The van der Waals surface area contributed by atoms with E-state index in [0.29, 0.717) is 6.42 Å². The molecule has 2 rings (SSSR count). The minimum absolute atomic E-state index is 0.224. The number of ketones is 1. The van der Waals surface area contributed by atoms with E-state index in [0.717, 1.165) is 31.2 Å². The first-order valence-corrected chi connectivity index (χ1v) is 7.93. The summed E-state index contributed by atoms with van der Waals surface area (Å²) >= 11 is 0. The smallest absolute Gasteiger partial charge is 0.160 e. The summed E-state index contributed by atoms with van der Waals surface area (Å²) in [4.78, 5) is 12.2. The van der Waals surface area contributed by atoms with E-state index in [1.165, 1.54) is 16.3 Å². The molecule has 0 bridgehead atoms. The van der Waals surface area contributed by atoms with Crippen LogP contribution in [0.25, 0.3) is 10.8 Å². The molecule has 0 saturated heterocycles. The molecular formula is C20H24O. The molecule has 21 heavy (non-hydrogen) atoms. The van der Waals surface area contributed by atoms with Crippen molar-refractivity contribution in [2.45, 2.75) is 46.0 Å². The number of hydrogen-bond acceptors (Lipinski definition) is 1. The number of hydrogen-bond donors (Lipinski definition) is 0. The summed E-state index contributed by atoms with van der Waals surface area (Å²) < 4.78 is 0. The minimum Gasteiger partial charge on any atom is -0.294 e. The number of allylic oxidation sites excluding steroid dienone is 2. The first kappa shape index (κ1) is 15.5. The van der Waals surface area contributed by atoms with Gasteiger partial charge in [0.25, 0.3) is 0 Å². The summed E-state index contributed by atoms with van der Waals surface area (Å²) in [5, 5.41) is 2.43. The molecule has 2 aromatic rings. The van der Waals surface area contributed by atoms with Crippen LogP contribution in [0.1, 0.15) is 45.1 Å². The molecule has 1 nitrogen and oxygen atoms in total. The van der Waals surface area contributed by atoms with Gasteiger partial charge in [0.05, 0.1) is 0 Å². The average molecular weight is 280 g/mol. The summed E-state index contributed by atoms with van der Waals surface area (Å²) in [7, 11) is 0. The van der Waals surface area contributed by atoms with E-state index in [4.69, 9.17) is 0 Å². The number of carbonyl (C=O) groups is 1. The molecular weight excluding hydrogens is 256 g/mol. The van der Waals surface area contributed by atoms with Gasteiger partial charge in [-0.1, -0.05) is 74.7 Å². The van der Waals surface area contributed by atoms with Crippen molar-refractivity contribution in [3.63, 3.8) is 0 Å². The van der Waals surface area contributed by atoms with E-state index in [-0.39, 0.29) is 5.78 Å².